The van der Waals surface area contributed by atoms with Crippen molar-refractivity contribution >= 4 is 21.6 Å². The lowest BCUT2D eigenvalue weighted by molar-refractivity contribution is 0.153. The predicted molar refractivity (Wildman–Crippen MR) is 60.5 cm³/mol. The molecule has 0 saturated carbocycles. The fourth-order valence-corrected chi connectivity index (χ4v) is 2.43. The molecule has 0 aliphatic carbocycles. The molecule has 102 valence electrons. The minimum atomic E-state index is -4.21. The standard InChI is InChI=1S/C9H10ClF3N2O2S/c10-9-5(3-14)1-6(2-7(9)11)18(16,17)15-4-8(12)13/h1-2,8,15H,3-4,14H2. The molecule has 4 nitrogen and oxygen atoms in total. The molecule has 0 aromatic heterocycles. The van der Waals surface area contributed by atoms with Crippen LogP contribution in [0.25, 0.3) is 0 Å². The summed E-state index contributed by atoms with van der Waals surface area (Å²) in [5, 5.41) is -0.287. The van der Waals surface area contributed by atoms with E-state index in [1.54, 1.807) is 4.72 Å². The smallest absolute Gasteiger partial charge is 0.251 e. The quantitative estimate of drug-likeness (QED) is 0.865. The van der Waals surface area contributed by atoms with E-state index < -0.39 is 33.7 Å². The van der Waals surface area contributed by atoms with E-state index in [-0.39, 0.29) is 17.1 Å². The SMILES string of the molecule is NCc1cc(S(=O)(=O)NCC(F)F)cc(F)c1Cl. The van der Waals surface area contributed by atoms with Crippen molar-refractivity contribution in [3.8, 4) is 0 Å². The number of halogens is 4. The third-order valence-corrected chi connectivity index (χ3v) is 3.86. The Morgan fingerprint density at radius 1 is 1.39 bits per heavy atom. The summed E-state index contributed by atoms with van der Waals surface area (Å²) in [6, 6.07) is 1.69. The first kappa shape index (κ1) is 15.2. The van der Waals surface area contributed by atoms with Crippen LogP contribution in [0.15, 0.2) is 17.0 Å². The van der Waals surface area contributed by atoms with E-state index >= 15 is 0 Å². The van der Waals surface area contributed by atoms with E-state index in [9.17, 15) is 21.6 Å². The Morgan fingerprint density at radius 2 is 2.00 bits per heavy atom. The summed E-state index contributed by atoms with van der Waals surface area (Å²) in [4.78, 5) is -0.495. The van der Waals surface area contributed by atoms with Gasteiger partial charge in [-0.2, -0.15) is 0 Å². The second-order valence-electron chi connectivity index (χ2n) is 3.33. The molecule has 0 fully saturated rings. The molecule has 18 heavy (non-hydrogen) atoms. The molecular weight excluding hydrogens is 293 g/mol. The predicted octanol–water partition coefficient (Wildman–Crippen LogP) is 1.48. The molecule has 0 aliphatic heterocycles. The van der Waals surface area contributed by atoms with Crippen LogP contribution in [0.1, 0.15) is 5.56 Å². The van der Waals surface area contributed by atoms with Gasteiger partial charge in [-0.25, -0.2) is 26.3 Å². The number of hydrogen-bond acceptors (Lipinski definition) is 3. The summed E-state index contributed by atoms with van der Waals surface area (Å²) in [5.74, 6) is -0.975. The monoisotopic (exact) mass is 302 g/mol. The zero-order chi connectivity index (χ0) is 13.9. The van der Waals surface area contributed by atoms with Crippen LogP contribution in [0.3, 0.4) is 0 Å². The second kappa shape index (κ2) is 5.87. The third-order valence-electron chi connectivity index (χ3n) is 2.03. The minimum Gasteiger partial charge on any atom is -0.326 e. The van der Waals surface area contributed by atoms with Gasteiger partial charge in [0.1, 0.15) is 5.82 Å². The summed E-state index contributed by atoms with van der Waals surface area (Å²) < 4.78 is 62.0. The highest BCUT2D eigenvalue weighted by Crippen LogP contribution is 2.24. The first-order valence-corrected chi connectivity index (χ1v) is 6.60. The maximum absolute atomic E-state index is 13.3. The van der Waals surface area contributed by atoms with Gasteiger partial charge in [-0.1, -0.05) is 11.6 Å². The molecule has 0 atom stereocenters. The average Bonchev–Trinajstić information content (AvgIpc) is 2.30. The Balaban J connectivity index is 3.13. The van der Waals surface area contributed by atoms with E-state index in [4.69, 9.17) is 17.3 Å². The van der Waals surface area contributed by atoms with Crippen molar-refractivity contribution in [3.63, 3.8) is 0 Å². The number of nitrogens with one attached hydrogen (secondary N) is 1. The van der Waals surface area contributed by atoms with Gasteiger partial charge in [0.15, 0.2) is 0 Å². The lowest BCUT2D eigenvalue weighted by Gasteiger charge is -2.09. The molecule has 0 radical (unpaired) electrons. The van der Waals surface area contributed by atoms with Crippen LogP contribution < -0.4 is 10.5 Å². The molecule has 0 unspecified atom stereocenters. The largest absolute Gasteiger partial charge is 0.326 e. The van der Waals surface area contributed by atoms with Gasteiger partial charge < -0.3 is 5.73 Å². The first-order valence-electron chi connectivity index (χ1n) is 4.73. The zero-order valence-corrected chi connectivity index (χ0v) is 10.5. The molecule has 0 amide bonds. The van der Waals surface area contributed by atoms with E-state index in [2.05, 4.69) is 0 Å². The molecule has 1 aromatic carbocycles. The van der Waals surface area contributed by atoms with Gasteiger partial charge in [0, 0.05) is 6.54 Å². The van der Waals surface area contributed by atoms with E-state index in [1.807, 2.05) is 0 Å². The van der Waals surface area contributed by atoms with Crippen LogP contribution in [-0.2, 0) is 16.6 Å². The van der Waals surface area contributed by atoms with Gasteiger partial charge in [-0.15, -0.1) is 0 Å². The molecule has 9 heteroatoms. The van der Waals surface area contributed by atoms with Crippen LogP contribution in [-0.4, -0.2) is 21.4 Å². The topological polar surface area (TPSA) is 72.2 Å². The average molecular weight is 303 g/mol. The van der Waals surface area contributed by atoms with Gasteiger partial charge >= 0.3 is 0 Å². The number of benzene rings is 1. The van der Waals surface area contributed by atoms with Crippen LogP contribution in [0.5, 0.6) is 0 Å². The number of hydrogen-bond donors (Lipinski definition) is 2. The van der Waals surface area contributed by atoms with Crippen molar-refractivity contribution in [2.24, 2.45) is 5.73 Å². The van der Waals surface area contributed by atoms with Crippen LogP contribution in [0, 0.1) is 5.82 Å². The van der Waals surface area contributed by atoms with E-state index in [0.29, 0.717) is 6.07 Å². The van der Waals surface area contributed by atoms with Crippen molar-refractivity contribution in [3.05, 3.63) is 28.5 Å². The highest BCUT2D eigenvalue weighted by Gasteiger charge is 2.19. The van der Waals surface area contributed by atoms with Gasteiger partial charge in [0.2, 0.25) is 10.0 Å². The van der Waals surface area contributed by atoms with Crippen molar-refractivity contribution < 1.29 is 21.6 Å². The highest BCUT2D eigenvalue weighted by atomic mass is 35.5. The van der Waals surface area contributed by atoms with E-state index in [1.165, 1.54) is 0 Å². The van der Waals surface area contributed by atoms with Crippen molar-refractivity contribution in [2.75, 3.05) is 6.54 Å². The van der Waals surface area contributed by atoms with Crippen molar-refractivity contribution in [1.29, 1.82) is 0 Å². The third kappa shape index (κ3) is 3.58. The number of alkyl halides is 2. The molecule has 3 N–H and O–H groups in total. The van der Waals surface area contributed by atoms with Crippen LogP contribution in [0.4, 0.5) is 13.2 Å². The number of nitrogens with two attached hydrogens (primary N) is 1. The Labute approximate surface area is 107 Å². The van der Waals surface area contributed by atoms with Gasteiger partial charge in [-0.3, -0.25) is 0 Å². The van der Waals surface area contributed by atoms with Crippen LogP contribution in [0.2, 0.25) is 5.02 Å². The van der Waals surface area contributed by atoms with Gasteiger partial charge in [0.05, 0.1) is 16.5 Å². The summed E-state index contributed by atoms with van der Waals surface area (Å²) in [6.45, 7) is -1.22. The molecule has 0 bridgehead atoms. The van der Waals surface area contributed by atoms with E-state index in [0.717, 1.165) is 6.07 Å². The van der Waals surface area contributed by atoms with Crippen molar-refractivity contribution in [2.45, 2.75) is 17.9 Å². The minimum absolute atomic E-state index is 0.0779. The molecule has 0 heterocycles. The molecule has 0 aliphatic rings. The summed E-state index contributed by atoms with van der Waals surface area (Å²) in [6.07, 6.45) is -2.84. The summed E-state index contributed by atoms with van der Waals surface area (Å²) >= 11 is 5.55. The molecule has 1 aromatic rings. The Morgan fingerprint density at radius 3 is 2.50 bits per heavy atom. The fourth-order valence-electron chi connectivity index (χ4n) is 1.18. The first-order chi connectivity index (χ1) is 8.27. The highest BCUT2D eigenvalue weighted by molar-refractivity contribution is 7.89. The fraction of sp³-hybridized carbons (Fsp3) is 0.333. The van der Waals surface area contributed by atoms with Crippen molar-refractivity contribution in [1.82, 2.24) is 4.72 Å². The number of sulfonamides is 1. The Bertz CT molecular complexity index is 537. The maximum atomic E-state index is 13.3. The molecule has 1 rings (SSSR count). The van der Waals surface area contributed by atoms with Crippen LogP contribution >= 0.6 is 11.6 Å². The Hall–Kier alpha value is -0.830. The molecule has 0 saturated heterocycles. The van der Waals surface area contributed by atoms with Gasteiger partial charge in [0.25, 0.3) is 6.43 Å². The molecular formula is C9H10ClF3N2O2S. The lowest BCUT2D eigenvalue weighted by Crippen LogP contribution is -2.28. The second-order valence-corrected chi connectivity index (χ2v) is 5.47. The lowest BCUT2D eigenvalue weighted by atomic mass is 10.2. The normalized spacial score (nSPS) is 12.1. The zero-order valence-electron chi connectivity index (χ0n) is 8.96. The maximum Gasteiger partial charge on any atom is 0.251 e. The molecule has 0 spiro atoms. The van der Waals surface area contributed by atoms with Gasteiger partial charge in [-0.05, 0) is 17.7 Å². The number of rotatable bonds is 5. The summed E-state index contributed by atoms with van der Waals surface area (Å²) in [5.41, 5.74) is 5.35. The summed E-state index contributed by atoms with van der Waals surface area (Å²) in [7, 11) is -4.21. The Kier molecular flexibility index (Phi) is 4.97.